The number of nitrogens with zero attached hydrogens (tertiary/aromatic N) is 2. The monoisotopic (exact) mass is 352 g/mol. The van der Waals surface area contributed by atoms with Crippen molar-refractivity contribution in [3.05, 3.63) is 46.3 Å². The Hall–Kier alpha value is -1.85. The smallest absolute Gasteiger partial charge is 0.271 e. The summed E-state index contributed by atoms with van der Waals surface area (Å²) >= 11 is 11.8. The third-order valence-electron chi connectivity index (χ3n) is 3.08. The summed E-state index contributed by atoms with van der Waals surface area (Å²) in [5.74, 6) is 0.834. The molecule has 1 amide bonds. The highest BCUT2D eigenvalue weighted by molar-refractivity contribution is 6.42. The molecule has 122 valence electrons. The van der Waals surface area contributed by atoms with Crippen LogP contribution in [0.5, 0.6) is 0 Å². The van der Waals surface area contributed by atoms with Crippen LogP contribution in [0.15, 0.2) is 30.6 Å². The van der Waals surface area contributed by atoms with Gasteiger partial charge in [-0.15, -0.1) is 0 Å². The molecule has 0 spiro atoms. The van der Waals surface area contributed by atoms with E-state index in [-0.39, 0.29) is 11.6 Å². The molecule has 0 saturated carbocycles. The first kappa shape index (κ1) is 17.5. The third kappa shape index (κ3) is 5.37. The van der Waals surface area contributed by atoms with E-state index < -0.39 is 0 Å². The van der Waals surface area contributed by atoms with Gasteiger partial charge in [-0.2, -0.15) is 0 Å². The molecule has 5 nitrogen and oxygen atoms in total. The van der Waals surface area contributed by atoms with Crippen molar-refractivity contribution in [2.45, 2.75) is 20.3 Å². The van der Waals surface area contributed by atoms with Gasteiger partial charge in [-0.25, -0.2) is 9.97 Å². The maximum Gasteiger partial charge on any atom is 0.271 e. The van der Waals surface area contributed by atoms with Crippen molar-refractivity contribution in [1.82, 2.24) is 15.3 Å². The molecule has 0 saturated heterocycles. The van der Waals surface area contributed by atoms with Gasteiger partial charge in [0.2, 0.25) is 0 Å². The van der Waals surface area contributed by atoms with E-state index in [4.69, 9.17) is 23.2 Å². The highest BCUT2D eigenvalue weighted by Crippen LogP contribution is 2.26. The first-order chi connectivity index (χ1) is 11.0. The molecule has 0 bridgehead atoms. The van der Waals surface area contributed by atoms with Gasteiger partial charge in [0.25, 0.3) is 5.91 Å². The molecule has 0 fully saturated rings. The predicted molar refractivity (Wildman–Crippen MR) is 93.6 cm³/mol. The molecule has 2 aromatic rings. The number of anilines is 2. The van der Waals surface area contributed by atoms with E-state index in [1.807, 2.05) is 0 Å². The fourth-order valence-electron chi connectivity index (χ4n) is 1.80. The van der Waals surface area contributed by atoms with Gasteiger partial charge in [0.05, 0.1) is 22.4 Å². The fraction of sp³-hybridized carbons (Fsp3) is 0.312. The van der Waals surface area contributed by atoms with Crippen molar-refractivity contribution in [2.24, 2.45) is 5.92 Å². The zero-order valence-corrected chi connectivity index (χ0v) is 14.4. The summed E-state index contributed by atoms with van der Waals surface area (Å²) in [7, 11) is 0. The average molecular weight is 353 g/mol. The molecular formula is C16H18Cl2N4O. The lowest BCUT2D eigenvalue weighted by Gasteiger charge is -2.08. The zero-order valence-electron chi connectivity index (χ0n) is 12.9. The minimum Gasteiger partial charge on any atom is -0.351 e. The number of halogens is 2. The maximum absolute atomic E-state index is 11.9. The van der Waals surface area contributed by atoms with Gasteiger partial charge in [-0.1, -0.05) is 37.0 Å². The lowest BCUT2D eigenvalue weighted by atomic mass is 10.1. The second-order valence-electron chi connectivity index (χ2n) is 5.48. The summed E-state index contributed by atoms with van der Waals surface area (Å²) < 4.78 is 0. The summed E-state index contributed by atoms with van der Waals surface area (Å²) in [5.41, 5.74) is 1.02. The van der Waals surface area contributed by atoms with E-state index in [0.29, 0.717) is 28.3 Å². The van der Waals surface area contributed by atoms with Crippen LogP contribution in [0.4, 0.5) is 11.5 Å². The van der Waals surface area contributed by atoms with Gasteiger partial charge in [0.1, 0.15) is 11.5 Å². The third-order valence-corrected chi connectivity index (χ3v) is 3.82. The molecule has 1 aromatic carbocycles. The van der Waals surface area contributed by atoms with E-state index in [0.717, 1.165) is 12.1 Å². The van der Waals surface area contributed by atoms with Crippen molar-refractivity contribution >= 4 is 40.6 Å². The zero-order chi connectivity index (χ0) is 16.8. The van der Waals surface area contributed by atoms with Crippen LogP contribution < -0.4 is 10.6 Å². The molecule has 0 aliphatic rings. The van der Waals surface area contributed by atoms with Gasteiger partial charge < -0.3 is 10.6 Å². The molecule has 7 heteroatoms. The number of aromatic nitrogens is 2. The van der Waals surface area contributed by atoms with Crippen LogP contribution in [-0.4, -0.2) is 22.4 Å². The normalized spacial score (nSPS) is 10.7. The summed E-state index contributed by atoms with van der Waals surface area (Å²) in [4.78, 5) is 20.2. The van der Waals surface area contributed by atoms with Crippen molar-refractivity contribution in [2.75, 3.05) is 11.9 Å². The van der Waals surface area contributed by atoms with Crippen molar-refractivity contribution in [3.63, 3.8) is 0 Å². The first-order valence-electron chi connectivity index (χ1n) is 7.28. The Morgan fingerprint density at radius 1 is 1.17 bits per heavy atom. The Kier molecular flexibility index (Phi) is 6.19. The van der Waals surface area contributed by atoms with Crippen molar-refractivity contribution in [3.8, 4) is 0 Å². The SMILES string of the molecule is CC(C)CCNC(=O)c1cnc(Nc2ccc(Cl)c(Cl)c2)cn1. The number of carbonyl (C=O) groups excluding carboxylic acids is 1. The van der Waals surface area contributed by atoms with Crippen LogP contribution in [0.25, 0.3) is 0 Å². The Bertz CT molecular complexity index is 674. The van der Waals surface area contributed by atoms with Gasteiger partial charge in [-0.3, -0.25) is 4.79 Å². The predicted octanol–water partition coefficient (Wildman–Crippen LogP) is 4.30. The van der Waals surface area contributed by atoms with Crippen LogP contribution >= 0.6 is 23.2 Å². The highest BCUT2D eigenvalue weighted by Gasteiger charge is 2.08. The number of rotatable bonds is 6. The summed E-state index contributed by atoms with van der Waals surface area (Å²) in [6, 6.07) is 5.16. The lowest BCUT2D eigenvalue weighted by molar-refractivity contribution is 0.0946. The quantitative estimate of drug-likeness (QED) is 0.812. The average Bonchev–Trinajstić information content (AvgIpc) is 2.51. The largest absolute Gasteiger partial charge is 0.351 e. The minimum atomic E-state index is -0.223. The molecule has 2 N–H and O–H groups in total. The van der Waals surface area contributed by atoms with Crippen LogP contribution in [0, 0.1) is 5.92 Å². The maximum atomic E-state index is 11.9. The van der Waals surface area contributed by atoms with Gasteiger partial charge in [0.15, 0.2) is 0 Å². The van der Waals surface area contributed by atoms with E-state index >= 15 is 0 Å². The van der Waals surface area contributed by atoms with E-state index in [9.17, 15) is 4.79 Å². The molecule has 1 aromatic heterocycles. The van der Waals surface area contributed by atoms with E-state index in [1.165, 1.54) is 12.4 Å². The second-order valence-corrected chi connectivity index (χ2v) is 6.29. The standard InChI is InChI=1S/C16H18Cl2N4O/c1-10(2)5-6-19-16(23)14-8-21-15(9-20-14)22-11-3-4-12(17)13(18)7-11/h3-4,7-10H,5-6H2,1-2H3,(H,19,23)(H,21,22). The summed E-state index contributed by atoms with van der Waals surface area (Å²) in [6.45, 7) is 4.84. The molecule has 0 aliphatic heterocycles. The van der Waals surface area contributed by atoms with Gasteiger partial charge >= 0.3 is 0 Å². The molecule has 2 rings (SSSR count). The van der Waals surface area contributed by atoms with Crippen molar-refractivity contribution in [1.29, 1.82) is 0 Å². The van der Waals surface area contributed by atoms with Crippen LogP contribution in [0.1, 0.15) is 30.8 Å². The van der Waals surface area contributed by atoms with Gasteiger partial charge in [-0.05, 0) is 30.5 Å². The first-order valence-corrected chi connectivity index (χ1v) is 8.03. The molecule has 0 aliphatic carbocycles. The van der Waals surface area contributed by atoms with Crippen LogP contribution in [0.3, 0.4) is 0 Å². The van der Waals surface area contributed by atoms with E-state index in [1.54, 1.807) is 18.2 Å². The number of hydrogen-bond acceptors (Lipinski definition) is 4. The minimum absolute atomic E-state index is 0.223. The Labute approximate surface area is 145 Å². The fourth-order valence-corrected chi connectivity index (χ4v) is 2.09. The number of nitrogens with one attached hydrogen (secondary N) is 2. The van der Waals surface area contributed by atoms with Crippen LogP contribution in [-0.2, 0) is 0 Å². The Morgan fingerprint density at radius 3 is 2.57 bits per heavy atom. The summed E-state index contributed by atoms with van der Waals surface area (Å²) in [5, 5.41) is 6.80. The topological polar surface area (TPSA) is 66.9 Å². The van der Waals surface area contributed by atoms with Crippen molar-refractivity contribution < 1.29 is 4.79 Å². The molecule has 0 atom stereocenters. The Balaban J connectivity index is 1.96. The number of benzene rings is 1. The number of carbonyl (C=O) groups is 1. The lowest BCUT2D eigenvalue weighted by Crippen LogP contribution is -2.26. The second kappa shape index (κ2) is 8.13. The van der Waals surface area contributed by atoms with Gasteiger partial charge in [0, 0.05) is 12.2 Å². The highest BCUT2D eigenvalue weighted by atomic mass is 35.5. The number of hydrogen-bond donors (Lipinski definition) is 2. The molecular weight excluding hydrogens is 335 g/mol. The molecule has 1 heterocycles. The summed E-state index contributed by atoms with van der Waals surface area (Å²) in [6.07, 6.45) is 3.86. The molecule has 0 unspecified atom stereocenters. The number of amides is 1. The molecule has 23 heavy (non-hydrogen) atoms. The molecule has 0 radical (unpaired) electrons. The van der Waals surface area contributed by atoms with E-state index in [2.05, 4.69) is 34.4 Å². The Morgan fingerprint density at radius 2 is 1.96 bits per heavy atom. The van der Waals surface area contributed by atoms with Crippen LogP contribution in [0.2, 0.25) is 10.0 Å².